The van der Waals surface area contributed by atoms with Gasteiger partial charge in [-0.2, -0.15) is 13.2 Å². The molecule has 1 atom stereocenters. The first kappa shape index (κ1) is 18.6. The Kier molecular flexibility index (Phi) is 5.18. The molecule has 26 heavy (non-hydrogen) atoms. The van der Waals surface area contributed by atoms with Gasteiger partial charge < -0.3 is 10.2 Å². The van der Waals surface area contributed by atoms with Crippen LogP contribution in [0.3, 0.4) is 0 Å². The molecule has 1 saturated heterocycles. The second-order valence-corrected chi connectivity index (χ2v) is 7.46. The Labute approximate surface area is 154 Å². The van der Waals surface area contributed by atoms with E-state index in [2.05, 4.69) is 5.32 Å². The Morgan fingerprint density at radius 2 is 1.92 bits per heavy atom. The molecule has 1 heterocycles. The predicted molar refractivity (Wildman–Crippen MR) is 98.3 cm³/mol. The Balaban J connectivity index is 1.79. The Morgan fingerprint density at radius 3 is 2.62 bits per heavy atom. The van der Waals surface area contributed by atoms with Crippen LogP contribution >= 0.6 is 11.8 Å². The number of aryl methyl sites for hydroxylation is 2. The number of alkyl halides is 3. The molecule has 7 heteroatoms. The lowest BCUT2D eigenvalue weighted by Gasteiger charge is -2.25. The summed E-state index contributed by atoms with van der Waals surface area (Å²) in [6.45, 7) is 4.44. The molecular weight excluding hydrogens is 361 g/mol. The molecule has 0 aromatic heterocycles. The fourth-order valence-electron chi connectivity index (χ4n) is 2.84. The summed E-state index contributed by atoms with van der Waals surface area (Å²) in [5, 5.41) is 2.42. The van der Waals surface area contributed by atoms with Gasteiger partial charge in [0.15, 0.2) is 0 Å². The number of thioether (sulfide) groups is 1. The molecule has 2 aromatic carbocycles. The van der Waals surface area contributed by atoms with Gasteiger partial charge in [0.1, 0.15) is 5.37 Å². The normalized spacial score (nSPS) is 17.4. The van der Waals surface area contributed by atoms with Gasteiger partial charge in [-0.25, -0.2) is 4.79 Å². The van der Waals surface area contributed by atoms with Gasteiger partial charge in [-0.3, -0.25) is 0 Å². The number of nitrogens with one attached hydrogen (secondary N) is 1. The van der Waals surface area contributed by atoms with Gasteiger partial charge in [0.05, 0.1) is 5.56 Å². The van der Waals surface area contributed by atoms with E-state index in [9.17, 15) is 18.0 Å². The zero-order valence-electron chi connectivity index (χ0n) is 14.4. The van der Waals surface area contributed by atoms with Crippen molar-refractivity contribution in [2.75, 3.05) is 17.6 Å². The van der Waals surface area contributed by atoms with Gasteiger partial charge in [-0.1, -0.05) is 18.2 Å². The highest BCUT2D eigenvalue weighted by Gasteiger charge is 2.34. The molecule has 1 aliphatic heterocycles. The van der Waals surface area contributed by atoms with Crippen LogP contribution in [0.15, 0.2) is 42.5 Å². The number of nitrogens with zero attached hydrogens (tertiary/aromatic N) is 1. The quantitative estimate of drug-likeness (QED) is 0.735. The zero-order chi connectivity index (χ0) is 18.9. The summed E-state index contributed by atoms with van der Waals surface area (Å²) in [6, 6.07) is 10.5. The Morgan fingerprint density at radius 1 is 1.15 bits per heavy atom. The standard InChI is InChI=1S/C19H19F3N2OS/c1-12-6-7-16(10-13(12)2)23-18(25)24-8-9-26-17(24)14-4-3-5-15(11-14)19(20,21)22/h3-7,10-11,17H,8-9H2,1-2H3,(H,23,25). The largest absolute Gasteiger partial charge is 0.416 e. The van der Waals surface area contributed by atoms with Crippen molar-refractivity contribution >= 4 is 23.5 Å². The number of halogens is 3. The average molecular weight is 380 g/mol. The summed E-state index contributed by atoms with van der Waals surface area (Å²) in [6.07, 6.45) is -4.40. The SMILES string of the molecule is Cc1ccc(NC(=O)N2CCSC2c2cccc(C(F)(F)F)c2)cc1C. The number of urea groups is 1. The predicted octanol–water partition coefficient (Wildman–Crippen LogP) is 5.60. The van der Waals surface area contributed by atoms with Crippen molar-refractivity contribution in [2.24, 2.45) is 0 Å². The highest BCUT2D eigenvalue weighted by Crippen LogP contribution is 2.40. The third-order valence-electron chi connectivity index (χ3n) is 4.41. The fraction of sp³-hybridized carbons (Fsp3) is 0.316. The maximum Gasteiger partial charge on any atom is 0.416 e. The van der Waals surface area contributed by atoms with Gasteiger partial charge in [0, 0.05) is 18.0 Å². The highest BCUT2D eigenvalue weighted by molar-refractivity contribution is 7.99. The molecule has 3 nitrogen and oxygen atoms in total. The van der Waals surface area contributed by atoms with E-state index in [-0.39, 0.29) is 6.03 Å². The third-order valence-corrected chi connectivity index (χ3v) is 5.67. The van der Waals surface area contributed by atoms with Gasteiger partial charge in [0.2, 0.25) is 0 Å². The number of hydrogen-bond acceptors (Lipinski definition) is 2. The summed E-state index contributed by atoms with van der Waals surface area (Å²) in [7, 11) is 0. The van der Waals surface area contributed by atoms with Crippen LogP contribution in [0.1, 0.15) is 27.6 Å². The summed E-state index contributed by atoms with van der Waals surface area (Å²) in [5.74, 6) is 0.682. The molecule has 1 aliphatic rings. The number of hydrogen-bond donors (Lipinski definition) is 1. The summed E-state index contributed by atoms with van der Waals surface area (Å²) in [4.78, 5) is 14.2. The van der Waals surface area contributed by atoms with E-state index < -0.39 is 17.1 Å². The van der Waals surface area contributed by atoms with E-state index in [1.165, 1.54) is 17.8 Å². The Bertz CT molecular complexity index is 823. The highest BCUT2D eigenvalue weighted by atomic mass is 32.2. The van der Waals surface area contributed by atoms with Crippen LogP contribution in [-0.4, -0.2) is 23.2 Å². The molecule has 0 aliphatic carbocycles. The van der Waals surface area contributed by atoms with Crippen LogP contribution in [0.25, 0.3) is 0 Å². The topological polar surface area (TPSA) is 32.3 Å². The first-order valence-corrected chi connectivity index (χ1v) is 9.24. The van der Waals surface area contributed by atoms with Gasteiger partial charge in [0.25, 0.3) is 0 Å². The van der Waals surface area contributed by atoms with E-state index in [1.54, 1.807) is 11.0 Å². The molecule has 0 spiro atoms. The van der Waals surface area contributed by atoms with Crippen LogP contribution in [-0.2, 0) is 6.18 Å². The lowest BCUT2D eigenvalue weighted by Crippen LogP contribution is -2.34. The van der Waals surface area contributed by atoms with Crippen molar-refractivity contribution in [3.8, 4) is 0 Å². The van der Waals surface area contributed by atoms with Gasteiger partial charge in [-0.05, 0) is 54.8 Å². The average Bonchev–Trinajstić information content (AvgIpc) is 3.07. The van der Waals surface area contributed by atoms with Crippen LogP contribution in [0.5, 0.6) is 0 Å². The molecule has 0 saturated carbocycles. The molecule has 0 radical (unpaired) electrons. The number of anilines is 1. The first-order chi connectivity index (χ1) is 12.3. The molecule has 2 amide bonds. The van der Waals surface area contributed by atoms with Gasteiger partial charge in [-0.15, -0.1) is 11.8 Å². The minimum atomic E-state index is -4.40. The van der Waals surface area contributed by atoms with E-state index in [0.717, 1.165) is 23.3 Å². The van der Waals surface area contributed by atoms with Crippen molar-refractivity contribution in [1.29, 1.82) is 0 Å². The molecule has 1 unspecified atom stereocenters. The van der Waals surface area contributed by atoms with E-state index in [0.29, 0.717) is 23.5 Å². The van der Waals surface area contributed by atoms with E-state index in [1.807, 2.05) is 32.0 Å². The molecule has 3 rings (SSSR count). The maximum absolute atomic E-state index is 13.0. The maximum atomic E-state index is 13.0. The molecule has 0 bridgehead atoms. The number of benzene rings is 2. The lowest BCUT2D eigenvalue weighted by atomic mass is 10.1. The van der Waals surface area contributed by atoms with Crippen molar-refractivity contribution in [1.82, 2.24) is 4.90 Å². The van der Waals surface area contributed by atoms with Crippen LogP contribution in [0.2, 0.25) is 0 Å². The van der Waals surface area contributed by atoms with E-state index in [4.69, 9.17) is 0 Å². The molecule has 1 N–H and O–H groups in total. The minimum absolute atomic E-state index is 0.305. The number of carbonyl (C=O) groups is 1. The number of amides is 2. The number of carbonyl (C=O) groups excluding carboxylic acids is 1. The van der Waals surface area contributed by atoms with Crippen molar-refractivity contribution in [3.63, 3.8) is 0 Å². The van der Waals surface area contributed by atoms with Crippen LogP contribution < -0.4 is 5.32 Å². The minimum Gasteiger partial charge on any atom is -0.308 e. The first-order valence-electron chi connectivity index (χ1n) is 8.19. The Hall–Kier alpha value is -2.15. The molecule has 138 valence electrons. The second kappa shape index (κ2) is 7.23. The molecular formula is C19H19F3N2OS. The van der Waals surface area contributed by atoms with Crippen molar-refractivity contribution in [2.45, 2.75) is 25.4 Å². The number of rotatable bonds is 2. The molecule has 2 aromatic rings. The molecule has 1 fully saturated rings. The lowest BCUT2D eigenvalue weighted by molar-refractivity contribution is -0.137. The zero-order valence-corrected chi connectivity index (χ0v) is 15.2. The van der Waals surface area contributed by atoms with Crippen LogP contribution in [0, 0.1) is 13.8 Å². The summed E-state index contributed by atoms with van der Waals surface area (Å²) in [5.41, 5.74) is 2.65. The van der Waals surface area contributed by atoms with Crippen molar-refractivity contribution in [3.05, 3.63) is 64.7 Å². The van der Waals surface area contributed by atoms with Gasteiger partial charge >= 0.3 is 12.2 Å². The summed E-state index contributed by atoms with van der Waals surface area (Å²) >= 11 is 1.47. The smallest absolute Gasteiger partial charge is 0.308 e. The summed E-state index contributed by atoms with van der Waals surface area (Å²) < 4.78 is 38.9. The van der Waals surface area contributed by atoms with Crippen molar-refractivity contribution < 1.29 is 18.0 Å². The van der Waals surface area contributed by atoms with Crippen LogP contribution in [0.4, 0.5) is 23.7 Å². The third kappa shape index (κ3) is 3.98. The second-order valence-electron chi connectivity index (χ2n) is 6.27. The monoisotopic (exact) mass is 380 g/mol. The van der Waals surface area contributed by atoms with E-state index >= 15 is 0 Å². The fourth-order valence-corrected chi connectivity index (χ4v) is 4.08.